The van der Waals surface area contributed by atoms with Crippen LogP contribution >= 0.6 is 11.3 Å². The first-order chi connectivity index (χ1) is 8.33. The summed E-state index contributed by atoms with van der Waals surface area (Å²) in [5.74, 6) is 0. The number of halogens is 5. The smallest absolute Gasteiger partial charge is 0.418 e. The number of fused-ring (bicyclic) bond motifs is 1. The molecule has 1 nitrogen and oxygen atoms in total. The maximum Gasteiger partial charge on any atom is 0.673 e. The van der Waals surface area contributed by atoms with E-state index >= 15 is 0 Å². The van der Waals surface area contributed by atoms with Crippen LogP contribution in [0.3, 0.4) is 0 Å². The number of nitrogens with zero attached hydrogens (tertiary/aromatic N) is 1. The van der Waals surface area contributed by atoms with Crippen LogP contribution in [0.2, 0.25) is 0 Å². The van der Waals surface area contributed by atoms with Gasteiger partial charge in [-0.3, -0.25) is 0 Å². The molecule has 0 aliphatic heterocycles. The zero-order valence-electron chi connectivity index (χ0n) is 9.12. The van der Waals surface area contributed by atoms with Crippen molar-refractivity contribution >= 4 is 28.8 Å². The van der Waals surface area contributed by atoms with E-state index in [4.69, 9.17) is 0 Å². The highest BCUT2D eigenvalue weighted by Crippen LogP contribution is 2.18. The van der Waals surface area contributed by atoms with Gasteiger partial charge in [0.15, 0.2) is 6.54 Å². The van der Waals surface area contributed by atoms with E-state index in [0.29, 0.717) is 6.54 Å². The van der Waals surface area contributed by atoms with Crippen LogP contribution in [0.4, 0.5) is 21.7 Å². The van der Waals surface area contributed by atoms with E-state index in [9.17, 15) is 21.7 Å². The zero-order chi connectivity index (χ0) is 13.8. The Morgan fingerprint density at radius 3 is 2.33 bits per heavy atom. The molecule has 0 radical (unpaired) electrons. The third kappa shape index (κ3) is 4.44. The van der Waals surface area contributed by atoms with E-state index in [1.165, 1.54) is 11.3 Å². The van der Waals surface area contributed by atoms with Crippen LogP contribution in [0.25, 0.3) is 10.2 Å². The second-order valence-electron chi connectivity index (χ2n) is 3.22. The molecule has 0 spiro atoms. The molecule has 0 saturated carbocycles. The second kappa shape index (κ2) is 5.95. The van der Waals surface area contributed by atoms with Gasteiger partial charge >= 0.3 is 12.5 Å². The Labute approximate surface area is 104 Å². The van der Waals surface area contributed by atoms with Gasteiger partial charge in [-0.05, 0) is 23.5 Å². The molecule has 2 aromatic rings. The van der Waals surface area contributed by atoms with Crippen LogP contribution < -0.4 is 4.57 Å². The lowest BCUT2D eigenvalue weighted by Crippen LogP contribution is -2.34. The molecular weight excluding hydrogens is 272 g/mol. The fourth-order valence-corrected chi connectivity index (χ4v) is 2.20. The Bertz CT molecular complexity index is 531. The Morgan fingerprint density at radius 2 is 1.78 bits per heavy atom. The van der Waals surface area contributed by atoms with Gasteiger partial charge in [0.1, 0.15) is 4.70 Å². The lowest BCUT2D eigenvalue weighted by Gasteiger charge is -1.94. The fourth-order valence-electron chi connectivity index (χ4n) is 1.31. The Balaban J connectivity index is 0.000000280. The van der Waals surface area contributed by atoms with E-state index in [1.807, 2.05) is 24.3 Å². The summed E-state index contributed by atoms with van der Waals surface area (Å²) in [6, 6.07) is 7.66. The molecule has 0 N–H and O–H groups in total. The van der Waals surface area contributed by atoms with Crippen molar-refractivity contribution in [2.24, 2.45) is 0 Å². The zero-order valence-corrected chi connectivity index (χ0v) is 9.94. The quantitative estimate of drug-likeness (QED) is 0.341. The summed E-state index contributed by atoms with van der Waals surface area (Å²) in [5.41, 5.74) is 0.935. The summed E-state index contributed by atoms with van der Waals surface area (Å²) in [7, 11) is -6.00. The minimum Gasteiger partial charge on any atom is -0.418 e. The molecular formula is C10H9BF5NS. The van der Waals surface area contributed by atoms with Crippen LogP contribution in [0.5, 0.6) is 0 Å². The van der Waals surface area contributed by atoms with Crippen LogP contribution in [0.15, 0.2) is 36.9 Å². The van der Waals surface area contributed by atoms with Crippen molar-refractivity contribution < 1.29 is 26.2 Å². The molecule has 8 heteroatoms. The molecule has 2 rings (SSSR count). The maximum absolute atomic E-state index is 13.3. The monoisotopic (exact) mass is 281 g/mol. The Hall–Kier alpha value is -1.44. The molecule has 1 heterocycles. The number of aromatic nitrogens is 1. The normalized spacial score (nSPS) is 10.9. The summed E-state index contributed by atoms with van der Waals surface area (Å²) < 4.78 is 54.9. The van der Waals surface area contributed by atoms with Gasteiger partial charge in [-0.25, -0.2) is 0 Å². The second-order valence-corrected chi connectivity index (χ2v) is 4.20. The summed E-state index contributed by atoms with van der Waals surface area (Å²) >= 11 is 1.17. The molecule has 0 aliphatic carbocycles. The lowest BCUT2D eigenvalue weighted by molar-refractivity contribution is -0.684. The van der Waals surface area contributed by atoms with Crippen molar-refractivity contribution in [3.8, 4) is 0 Å². The third-order valence-corrected chi connectivity index (χ3v) is 2.83. The van der Waals surface area contributed by atoms with E-state index in [1.54, 1.807) is 10.6 Å². The molecule has 0 aliphatic rings. The first-order valence-electron chi connectivity index (χ1n) is 4.88. The molecule has 0 bridgehead atoms. The van der Waals surface area contributed by atoms with Crippen molar-refractivity contribution in [3.63, 3.8) is 0 Å². The first-order valence-corrected chi connectivity index (χ1v) is 5.69. The molecule has 18 heavy (non-hydrogen) atoms. The Morgan fingerprint density at radius 1 is 1.22 bits per heavy atom. The van der Waals surface area contributed by atoms with Crippen molar-refractivity contribution in [2.45, 2.75) is 6.54 Å². The van der Waals surface area contributed by atoms with E-state index in [2.05, 4.69) is 6.58 Å². The molecule has 0 atom stereocenters. The highest BCUT2D eigenvalue weighted by Gasteiger charge is 2.20. The standard InChI is InChI=1S/C10H9FNS.BF4/c1-2-7-12-8-5-3-4-6-9(8)13-10(12)11;2-1(3,4)5/h2-6H,1,7H2;/q+1;-1. The fraction of sp³-hybridized carbons (Fsp3) is 0.100. The highest BCUT2D eigenvalue weighted by molar-refractivity contribution is 7.16. The molecule has 0 unspecified atom stereocenters. The lowest BCUT2D eigenvalue weighted by atomic mass is 10.3. The average Bonchev–Trinajstić information content (AvgIpc) is 2.54. The van der Waals surface area contributed by atoms with Crippen molar-refractivity contribution in [1.29, 1.82) is 0 Å². The van der Waals surface area contributed by atoms with Crippen LogP contribution in [-0.4, -0.2) is 7.25 Å². The molecule has 0 amide bonds. The van der Waals surface area contributed by atoms with Crippen LogP contribution in [0, 0.1) is 5.26 Å². The number of rotatable bonds is 2. The van der Waals surface area contributed by atoms with Gasteiger partial charge in [-0.2, -0.15) is 4.57 Å². The van der Waals surface area contributed by atoms with Gasteiger partial charge < -0.3 is 17.3 Å². The number of hydrogen-bond acceptors (Lipinski definition) is 1. The molecule has 0 saturated heterocycles. The summed E-state index contributed by atoms with van der Waals surface area (Å²) in [5, 5.41) is -0.166. The van der Waals surface area contributed by atoms with E-state index in [-0.39, 0.29) is 5.26 Å². The highest BCUT2D eigenvalue weighted by atomic mass is 32.1. The van der Waals surface area contributed by atoms with Crippen LogP contribution in [-0.2, 0) is 6.54 Å². The topological polar surface area (TPSA) is 3.88 Å². The number of thiazole rings is 1. The van der Waals surface area contributed by atoms with Crippen molar-refractivity contribution in [3.05, 3.63) is 42.2 Å². The van der Waals surface area contributed by atoms with Crippen LogP contribution in [0.1, 0.15) is 0 Å². The van der Waals surface area contributed by atoms with Crippen molar-refractivity contribution in [2.75, 3.05) is 0 Å². The van der Waals surface area contributed by atoms with Gasteiger partial charge in [0, 0.05) is 6.07 Å². The number of hydrogen-bond donors (Lipinski definition) is 0. The summed E-state index contributed by atoms with van der Waals surface area (Å²) in [6.07, 6.45) is 1.70. The van der Waals surface area contributed by atoms with E-state index < -0.39 is 7.25 Å². The summed E-state index contributed by atoms with van der Waals surface area (Å²) in [4.78, 5) is 0. The molecule has 1 aromatic carbocycles. The third-order valence-electron chi connectivity index (χ3n) is 1.87. The Kier molecular flexibility index (Phi) is 4.83. The first kappa shape index (κ1) is 14.6. The molecule has 98 valence electrons. The minimum atomic E-state index is -6.00. The van der Waals surface area contributed by atoms with Gasteiger partial charge in [0.2, 0.25) is 5.52 Å². The van der Waals surface area contributed by atoms with Gasteiger partial charge in [0.05, 0.1) is 0 Å². The minimum absolute atomic E-state index is 0.166. The predicted octanol–water partition coefficient (Wildman–Crippen LogP) is 3.81. The van der Waals surface area contributed by atoms with Gasteiger partial charge in [0.25, 0.3) is 0 Å². The van der Waals surface area contributed by atoms with E-state index in [0.717, 1.165) is 10.2 Å². The molecule has 1 aromatic heterocycles. The molecule has 0 fully saturated rings. The number of para-hydroxylation sites is 1. The predicted molar refractivity (Wildman–Crippen MR) is 62.4 cm³/mol. The van der Waals surface area contributed by atoms with Gasteiger partial charge in [-0.1, -0.05) is 18.7 Å². The largest absolute Gasteiger partial charge is 0.673 e. The average molecular weight is 281 g/mol. The van der Waals surface area contributed by atoms with Crippen molar-refractivity contribution in [1.82, 2.24) is 0 Å². The maximum atomic E-state index is 13.3. The summed E-state index contributed by atoms with van der Waals surface area (Å²) in [6.45, 7) is 4.12. The SMILES string of the molecule is C=CC[n+]1c(F)sc2ccccc21.F[B-](F)(F)F. The number of benzene rings is 1. The van der Waals surface area contributed by atoms with Gasteiger partial charge in [-0.15, -0.1) is 4.39 Å². The number of allylic oxidation sites excluding steroid dienone is 1.